The second-order valence-electron chi connectivity index (χ2n) is 4.90. The van der Waals surface area contributed by atoms with Crippen LogP contribution in [0.4, 0.5) is 0 Å². The Labute approximate surface area is 101 Å². The van der Waals surface area contributed by atoms with Gasteiger partial charge in [-0.1, -0.05) is 45.4 Å². The Balaban J connectivity index is 0.000000281. The third-order valence-electron chi connectivity index (χ3n) is 3.20. The quantitative estimate of drug-likeness (QED) is 0.500. The number of rotatable bonds is 5. The molecule has 0 aromatic heterocycles. The number of hydrogen-bond acceptors (Lipinski definition) is 3. The van der Waals surface area contributed by atoms with Crippen LogP contribution in [0, 0.1) is 5.92 Å². The fraction of sp³-hybridized carbons (Fsp3) is 1.00. The zero-order valence-corrected chi connectivity index (χ0v) is 11.0. The largest absolute Gasteiger partial charge is 0.330 e. The van der Waals surface area contributed by atoms with Crippen molar-refractivity contribution in [1.29, 1.82) is 0 Å². The van der Waals surface area contributed by atoms with Crippen LogP contribution >= 0.6 is 0 Å². The van der Waals surface area contributed by atoms with Gasteiger partial charge in [-0.05, 0) is 31.7 Å². The van der Waals surface area contributed by atoms with Crippen molar-refractivity contribution < 1.29 is 0 Å². The average molecular weight is 229 g/mol. The summed E-state index contributed by atoms with van der Waals surface area (Å²) < 4.78 is 0. The van der Waals surface area contributed by atoms with Crippen molar-refractivity contribution in [2.45, 2.75) is 70.9 Å². The van der Waals surface area contributed by atoms with E-state index in [2.05, 4.69) is 6.92 Å². The van der Waals surface area contributed by atoms with Crippen LogP contribution < -0.4 is 17.2 Å². The molecule has 1 saturated carbocycles. The highest BCUT2D eigenvalue weighted by Crippen LogP contribution is 2.21. The van der Waals surface area contributed by atoms with Crippen LogP contribution in [0.25, 0.3) is 0 Å². The van der Waals surface area contributed by atoms with Crippen molar-refractivity contribution in [3.8, 4) is 0 Å². The van der Waals surface area contributed by atoms with E-state index < -0.39 is 0 Å². The Bertz CT molecular complexity index is 131. The van der Waals surface area contributed by atoms with Crippen molar-refractivity contribution in [2.24, 2.45) is 23.1 Å². The Morgan fingerprint density at radius 3 is 2.06 bits per heavy atom. The third kappa shape index (κ3) is 10.4. The van der Waals surface area contributed by atoms with E-state index in [4.69, 9.17) is 17.2 Å². The summed E-state index contributed by atoms with van der Waals surface area (Å²) >= 11 is 0. The van der Waals surface area contributed by atoms with E-state index in [1.165, 1.54) is 51.4 Å². The van der Waals surface area contributed by atoms with Gasteiger partial charge in [-0.2, -0.15) is 0 Å². The third-order valence-corrected chi connectivity index (χ3v) is 3.20. The molecule has 0 radical (unpaired) electrons. The predicted octanol–water partition coefficient (Wildman–Crippen LogP) is 2.34. The zero-order chi connectivity index (χ0) is 12.2. The van der Waals surface area contributed by atoms with Crippen molar-refractivity contribution in [1.82, 2.24) is 0 Å². The highest BCUT2D eigenvalue weighted by Gasteiger charge is 2.09. The van der Waals surface area contributed by atoms with Gasteiger partial charge >= 0.3 is 0 Å². The van der Waals surface area contributed by atoms with Gasteiger partial charge in [0.05, 0.1) is 6.17 Å². The van der Waals surface area contributed by atoms with Gasteiger partial charge in [0.25, 0.3) is 0 Å². The molecule has 1 aliphatic carbocycles. The first-order chi connectivity index (χ1) is 7.70. The fourth-order valence-corrected chi connectivity index (χ4v) is 2.05. The van der Waals surface area contributed by atoms with E-state index in [1.807, 2.05) is 0 Å². The van der Waals surface area contributed by atoms with Crippen molar-refractivity contribution >= 4 is 0 Å². The molecule has 1 fully saturated rings. The summed E-state index contributed by atoms with van der Waals surface area (Å²) in [7, 11) is 0. The van der Waals surface area contributed by atoms with Gasteiger partial charge in [-0.25, -0.2) is 0 Å². The van der Waals surface area contributed by atoms with Crippen LogP contribution in [0.1, 0.15) is 64.7 Å². The molecule has 0 heterocycles. The summed E-state index contributed by atoms with van der Waals surface area (Å²) in [4.78, 5) is 0. The molecular formula is C13H31N3. The number of nitrogens with two attached hydrogens (primary N) is 3. The van der Waals surface area contributed by atoms with Crippen molar-refractivity contribution in [3.05, 3.63) is 0 Å². The smallest absolute Gasteiger partial charge is 0.0520 e. The maximum atomic E-state index is 5.50. The molecule has 16 heavy (non-hydrogen) atoms. The summed E-state index contributed by atoms with van der Waals surface area (Å²) in [6.45, 7) is 3.09. The summed E-state index contributed by atoms with van der Waals surface area (Å²) in [5.41, 5.74) is 16.1. The minimum Gasteiger partial charge on any atom is -0.330 e. The summed E-state index contributed by atoms with van der Waals surface area (Å²) in [5, 5.41) is 0. The van der Waals surface area contributed by atoms with Gasteiger partial charge in [0, 0.05) is 0 Å². The zero-order valence-electron chi connectivity index (χ0n) is 11.0. The van der Waals surface area contributed by atoms with Crippen LogP contribution in [0.5, 0.6) is 0 Å². The monoisotopic (exact) mass is 229 g/mol. The van der Waals surface area contributed by atoms with Crippen LogP contribution in [-0.2, 0) is 0 Å². The molecule has 0 spiro atoms. The number of hydrogen-bond donors (Lipinski definition) is 3. The van der Waals surface area contributed by atoms with E-state index in [1.54, 1.807) is 0 Å². The summed E-state index contributed by atoms with van der Waals surface area (Å²) in [6.07, 6.45) is 11.6. The highest BCUT2D eigenvalue weighted by atomic mass is 14.8. The lowest BCUT2D eigenvalue weighted by Gasteiger charge is -2.18. The standard InChI is InChI=1S/C7H15N.C6H16N2/c8-6-7-4-2-1-3-5-7;1-2-3-4-5-6(7)8/h7H,1-6,8H2;6H,2-5,7-8H2,1H3. The first kappa shape index (κ1) is 15.9. The molecule has 3 heteroatoms. The van der Waals surface area contributed by atoms with Gasteiger partial charge in [-0.15, -0.1) is 0 Å². The fourth-order valence-electron chi connectivity index (χ4n) is 2.05. The van der Waals surface area contributed by atoms with E-state index in [-0.39, 0.29) is 6.17 Å². The van der Waals surface area contributed by atoms with Crippen LogP contribution in [0.15, 0.2) is 0 Å². The Kier molecular flexibility index (Phi) is 11.3. The van der Waals surface area contributed by atoms with Crippen molar-refractivity contribution in [3.63, 3.8) is 0 Å². The number of unbranched alkanes of at least 4 members (excludes halogenated alkanes) is 2. The maximum Gasteiger partial charge on any atom is 0.0520 e. The van der Waals surface area contributed by atoms with Crippen LogP contribution in [0.2, 0.25) is 0 Å². The van der Waals surface area contributed by atoms with Gasteiger partial charge in [0.15, 0.2) is 0 Å². The Morgan fingerprint density at radius 2 is 1.69 bits per heavy atom. The highest BCUT2D eigenvalue weighted by molar-refractivity contribution is 4.65. The average Bonchev–Trinajstić information content (AvgIpc) is 2.31. The Hall–Kier alpha value is -0.120. The first-order valence-corrected chi connectivity index (χ1v) is 6.92. The molecule has 0 aromatic rings. The molecule has 1 rings (SSSR count). The molecule has 6 N–H and O–H groups in total. The normalized spacial score (nSPS) is 17.1. The van der Waals surface area contributed by atoms with E-state index in [0.29, 0.717) is 0 Å². The first-order valence-electron chi connectivity index (χ1n) is 6.92. The SMILES string of the molecule is CCCCCC(N)N.NCC1CCCCC1. The second-order valence-corrected chi connectivity index (χ2v) is 4.90. The molecule has 0 unspecified atom stereocenters. The minimum absolute atomic E-state index is 0.0958. The van der Waals surface area contributed by atoms with Crippen LogP contribution in [0.3, 0.4) is 0 Å². The topological polar surface area (TPSA) is 78.1 Å². The van der Waals surface area contributed by atoms with Gasteiger partial charge in [0.2, 0.25) is 0 Å². The van der Waals surface area contributed by atoms with Gasteiger partial charge in [-0.3, -0.25) is 0 Å². The molecule has 0 atom stereocenters. The van der Waals surface area contributed by atoms with Crippen LogP contribution in [-0.4, -0.2) is 12.7 Å². The molecule has 0 bridgehead atoms. The molecule has 0 aromatic carbocycles. The molecule has 0 aliphatic heterocycles. The summed E-state index contributed by atoms with van der Waals surface area (Å²) in [5.74, 6) is 0.865. The van der Waals surface area contributed by atoms with E-state index in [9.17, 15) is 0 Å². The minimum atomic E-state index is -0.0958. The second kappa shape index (κ2) is 11.4. The Morgan fingerprint density at radius 1 is 1.06 bits per heavy atom. The summed E-state index contributed by atoms with van der Waals surface area (Å²) in [6, 6.07) is 0. The lowest BCUT2D eigenvalue weighted by atomic mass is 9.90. The van der Waals surface area contributed by atoms with E-state index in [0.717, 1.165) is 18.9 Å². The molecule has 3 nitrogen and oxygen atoms in total. The lowest BCUT2D eigenvalue weighted by molar-refractivity contribution is 0.366. The molecule has 0 amide bonds. The van der Waals surface area contributed by atoms with Gasteiger partial charge < -0.3 is 17.2 Å². The molecular weight excluding hydrogens is 198 g/mol. The predicted molar refractivity (Wildman–Crippen MR) is 71.9 cm³/mol. The maximum absolute atomic E-state index is 5.50. The lowest BCUT2D eigenvalue weighted by Crippen LogP contribution is -2.29. The molecule has 0 saturated heterocycles. The van der Waals surface area contributed by atoms with Gasteiger partial charge in [0.1, 0.15) is 0 Å². The molecule has 1 aliphatic rings. The molecule has 98 valence electrons. The van der Waals surface area contributed by atoms with E-state index >= 15 is 0 Å². The van der Waals surface area contributed by atoms with Crippen molar-refractivity contribution in [2.75, 3.05) is 6.54 Å².